The highest BCUT2D eigenvalue weighted by Gasteiger charge is 2.26. The molecule has 1 unspecified atom stereocenters. The Morgan fingerprint density at radius 1 is 1.40 bits per heavy atom. The molecule has 1 aromatic carbocycles. The minimum atomic E-state index is -0.922. The topological polar surface area (TPSA) is 49.4 Å². The lowest BCUT2D eigenvalue weighted by Crippen LogP contribution is -2.48. The number of benzene rings is 1. The third-order valence-corrected chi connectivity index (χ3v) is 3.65. The summed E-state index contributed by atoms with van der Waals surface area (Å²) in [6.45, 7) is 0.338. The molecule has 2 rings (SSSR count). The Morgan fingerprint density at radius 2 is 2.00 bits per heavy atom. The third-order valence-electron chi connectivity index (χ3n) is 3.20. The standard InChI is InChI=1S/C13H13BrF2N2O2/c1-18-6-8(2-3-11(18)19)17-13(20)12-9(15)4-7(14)5-10(12)16/h4-5,8H,2-3,6H2,1H3,(H,17,20). The van der Waals surface area contributed by atoms with Gasteiger partial charge in [-0.3, -0.25) is 9.59 Å². The van der Waals surface area contributed by atoms with Crippen molar-refractivity contribution in [1.29, 1.82) is 0 Å². The van der Waals surface area contributed by atoms with Crippen molar-refractivity contribution in [3.8, 4) is 0 Å². The van der Waals surface area contributed by atoms with Crippen molar-refractivity contribution in [1.82, 2.24) is 10.2 Å². The van der Waals surface area contributed by atoms with E-state index in [-0.39, 0.29) is 16.4 Å². The minimum absolute atomic E-state index is 0.00324. The van der Waals surface area contributed by atoms with Crippen molar-refractivity contribution in [3.05, 3.63) is 33.8 Å². The van der Waals surface area contributed by atoms with E-state index in [4.69, 9.17) is 0 Å². The van der Waals surface area contributed by atoms with Crippen molar-refractivity contribution >= 4 is 27.7 Å². The first-order valence-corrected chi connectivity index (χ1v) is 6.87. The van der Waals surface area contributed by atoms with Crippen LogP contribution in [0.25, 0.3) is 0 Å². The summed E-state index contributed by atoms with van der Waals surface area (Å²) in [6, 6.07) is 1.77. The Hall–Kier alpha value is -1.50. The predicted octanol–water partition coefficient (Wildman–Crippen LogP) is 2.08. The Morgan fingerprint density at radius 3 is 2.55 bits per heavy atom. The van der Waals surface area contributed by atoms with Gasteiger partial charge in [-0.25, -0.2) is 8.78 Å². The largest absolute Gasteiger partial charge is 0.347 e. The number of likely N-dealkylation sites (tertiary alicyclic amines) is 1. The van der Waals surface area contributed by atoms with Crippen LogP contribution in [0.4, 0.5) is 8.78 Å². The quantitative estimate of drug-likeness (QED) is 0.891. The second-order valence-electron chi connectivity index (χ2n) is 4.73. The normalized spacial score (nSPS) is 19.1. The molecule has 0 radical (unpaired) electrons. The van der Waals surface area contributed by atoms with Crippen LogP contribution in [0.2, 0.25) is 0 Å². The Kier molecular flexibility index (Phi) is 4.37. The fourth-order valence-corrected chi connectivity index (χ4v) is 2.55. The van der Waals surface area contributed by atoms with Crippen molar-refractivity contribution in [2.45, 2.75) is 18.9 Å². The zero-order valence-electron chi connectivity index (χ0n) is 10.8. The van der Waals surface area contributed by atoms with E-state index in [0.717, 1.165) is 12.1 Å². The van der Waals surface area contributed by atoms with E-state index in [1.807, 2.05) is 0 Å². The summed E-state index contributed by atoms with van der Waals surface area (Å²) in [7, 11) is 1.63. The molecule has 1 aromatic rings. The average molecular weight is 347 g/mol. The number of carbonyl (C=O) groups excluding carboxylic acids is 2. The molecule has 0 bridgehead atoms. The zero-order valence-corrected chi connectivity index (χ0v) is 12.3. The molecule has 1 fully saturated rings. The summed E-state index contributed by atoms with van der Waals surface area (Å²) in [4.78, 5) is 24.8. The van der Waals surface area contributed by atoms with E-state index in [1.165, 1.54) is 4.90 Å². The molecule has 0 aromatic heterocycles. The number of carbonyl (C=O) groups is 2. The molecule has 20 heavy (non-hydrogen) atoms. The van der Waals surface area contributed by atoms with Crippen LogP contribution in [0, 0.1) is 11.6 Å². The number of amides is 2. The van der Waals surface area contributed by atoms with Gasteiger partial charge in [0, 0.05) is 30.5 Å². The van der Waals surface area contributed by atoms with Gasteiger partial charge in [0.1, 0.15) is 17.2 Å². The van der Waals surface area contributed by atoms with E-state index in [1.54, 1.807) is 7.05 Å². The van der Waals surface area contributed by atoms with Gasteiger partial charge in [-0.15, -0.1) is 0 Å². The summed E-state index contributed by atoms with van der Waals surface area (Å²) in [5.41, 5.74) is -0.604. The van der Waals surface area contributed by atoms with Crippen molar-refractivity contribution in [2.24, 2.45) is 0 Å². The van der Waals surface area contributed by atoms with Crippen LogP contribution < -0.4 is 5.32 Å². The van der Waals surface area contributed by atoms with E-state index in [9.17, 15) is 18.4 Å². The lowest BCUT2D eigenvalue weighted by Gasteiger charge is -2.30. The number of rotatable bonds is 2. The molecule has 0 spiro atoms. The van der Waals surface area contributed by atoms with Crippen LogP contribution in [-0.2, 0) is 4.79 Å². The molecule has 0 aliphatic carbocycles. The van der Waals surface area contributed by atoms with Crippen molar-refractivity contribution in [3.63, 3.8) is 0 Å². The number of hydrogen-bond acceptors (Lipinski definition) is 2. The van der Waals surface area contributed by atoms with Gasteiger partial charge in [0.25, 0.3) is 5.91 Å². The van der Waals surface area contributed by atoms with Crippen LogP contribution in [-0.4, -0.2) is 36.3 Å². The molecule has 1 aliphatic heterocycles. The van der Waals surface area contributed by atoms with E-state index < -0.39 is 23.1 Å². The molecule has 1 heterocycles. The van der Waals surface area contributed by atoms with Gasteiger partial charge in [-0.05, 0) is 18.6 Å². The number of piperidine rings is 1. The number of nitrogens with zero attached hydrogens (tertiary/aromatic N) is 1. The van der Waals surface area contributed by atoms with Gasteiger partial charge in [0.05, 0.1) is 0 Å². The molecular formula is C13H13BrF2N2O2. The van der Waals surface area contributed by atoms with E-state index >= 15 is 0 Å². The molecule has 108 valence electrons. The molecule has 1 N–H and O–H groups in total. The number of hydrogen-bond donors (Lipinski definition) is 1. The fourth-order valence-electron chi connectivity index (χ4n) is 2.15. The second-order valence-corrected chi connectivity index (χ2v) is 5.64. The first kappa shape index (κ1) is 14.9. The summed E-state index contributed by atoms with van der Waals surface area (Å²) in [5, 5.41) is 2.56. The summed E-state index contributed by atoms with van der Waals surface area (Å²) >= 11 is 2.95. The fraction of sp³-hybridized carbons (Fsp3) is 0.385. The van der Waals surface area contributed by atoms with Crippen LogP contribution in [0.1, 0.15) is 23.2 Å². The van der Waals surface area contributed by atoms with Gasteiger partial charge < -0.3 is 10.2 Å². The maximum Gasteiger partial charge on any atom is 0.257 e. The number of likely N-dealkylation sites (N-methyl/N-ethyl adjacent to an activating group) is 1. The summed E-state index contributed by atoms with van der Waals surface area (Å²) in [5.74, 6) is -2.65. The second kappa shape index (κ2) is 5.87. The molecule has 1 atom stereocenters. The first-order valence-electron chi connectivity index (χ1n) is 6.08. The minimum Gasteiger partial charge on any atom is -0.347 e. The van der Waals surface area contributed by atoms with Crippen LogP contribution >= 0.6 is 15.9 Å². The Balaban J connectivity index is 2.11. The van der Waals surface area contributed by atoms with Crippen LogP contribution in [0.3, 0.4) is 0 Å². The smallest absolute Gasteiger partial charge is 0.257 e. The highest BCUT2D eigenvalue weighted by Crippen LogP contribution is 2.20. The van der Waals surface area contributed by atoms with Gasteiger partial charge in [0.2, 0.25) is 5.91 Å². The lowest BCUT2D eigenvalue weighted by molar-refractivity contribution is -0.132. The maximum absolute atomic E-state index is 13.7. The van der Waals surface area contributed by atoms with Gasteiger partial charge in [-0.1, -0.05) is 15.9 Å². The van der Waals surface area contributed by atoms with Crippen LogP contribution in [0.5, 0.6) is 0 Å². The van der Waals surface area contributed by atoms with Crippen LogP contribution in [0.15, 0.2) is 16.6 Å². The monoisotopic (exact) mass is 346 g/mol. The molecule has 2 amide bonds. The zero-order chi connectivity index (χ0) is 14.9. The maximum atomic E-state index is 13.7. The first-order chi connectivity index (χ1) is 9.38. The van der Waals surface area contributed by atoms with E-state index in [2.05, 4.69) is 21.2 Å². The molecule has 1 aliphatic rings. The highest BCUT2D eigenvalue weighted by molar-refractivity contribution is 9.10. The lowest BCUT2D eigenvalue weighted by atomic mass is 10.0. The Bertz CT molecular complexity index is 542. The molecule has 4 nitrogen and oxygen atoms in total. The van der Waals surface area contributed by atoms with Crippen molar-refractivity contribution < 1.29 is 18.4 Å². The van der Waals surface area contributed by atoms with Gasteiger partial charge >= 0.3 is 0 Å². The average Bonchev–Trinajstić information content (AvgIpc) is 2.32. The summed E-state index contributed by atoms with van der Waals surface area (Å²) < 4.78 is 27.5. The number of halogens is 3. The van der Waals surface area contributed by atoms with Gasteiger partial charge in [-0.2, -0.15) is 0 Å². The number of nitrogens with one attached hydrogen (secondary N) is 1. The molecule has 0 saturated carbocycles. The third kappa shape index (κ3) is 3.15. The van der Waals surface area contributed by atoms with E-state index in [0.29, 0.717) is 19.4 Å². The molecule has 7 heteroatoms. The SMILES string of the molecule is CN1CC(NC(=O)c2c(F)cc(Br)cc2F)CCC1=O. The predicted molar refractivity (Wildman–Crippen MR) is 72.2 cm³/mol. The highest BCUT2D eigenvalue weighted by atomic mass is 79.9. The summed E-state index contributed by atoms with van der Waals surface area (Å²) in [6.07, 6.45) is 0.779. The van der Waals surface area contributed by atoms with Gasteiger partial charge in [0.15, 0.2) is 0 Å². The molecular weight excluding hydrogens is 334 g/mol. The Labute approximate surface area is 123 Å². The molecule has 1 saturated heterocycles. The van der Waals surface area contributed by atoms with Crippen molar-refractivity contribution in [2.75, 3.05) is 13.6 Å².